The largest absolute Gasteiger partial charge is 0.399 e. The molecule has 0 aliphatic rings. The van der Waals surface area contributed by atoms with E-state index in [-0.39, 0.29) is 18.1 Å². The van der Waals surface area contributed by atoms with Crippen LogP contribution in [0.1, 0.15) is 6.42 Å². The van der Waals surface area contributed by atoms with E-state index in [9.17, 15) is 9.18 Å². The van der Waals surface area contributed by atoms with Crippen molar-refractivity contribution in [3.05, 3.63) is 30.1 Å². The topological polar surface area (TPSA) is 50.7 Å². The van der Waals surface area contributed by atoms with E-state index in [1.54, 1.807) is 0 Å². The molecule has 5 heteroatoms. The Morgan fingerprint density at radius 2 is 2.20 bits per heavy atom. The predicted octanol–water partition coefficient (Wildman–Crippen LogP) is 1.79. The first-order valence-electron chi connectivity index (χ1n) is 4.33. The van der Waals surface area contributed by atoms with E-state index in [1.807, 2.05) is 0 Å². The minimum Gasteiger partial charge on any atom is -0.399 e. The summed E-state index contributed by atoms with van der Waals surface area (Å²) >= 11 is 0. The maximum absolute atomic E-state index is 12.5. The van der Waals surface area contributed by atoms with Gasteiger partial charge in [0.2, 0.25) is 5.91 Å². The number of hydrogen-bond donors (Lipinski definition) is 1. The van der Waals surface area contributed by atoms with Crippen LogP contribution in [-0.2, 0) is 9.63 Å². The zero-order valence-electron chi connectivity index (χ0n) is 8.24. The number of carbonyl (C=O) groups is 1. The van der Waals surface area contributed by atoms with Crippen LogP contribution in [0, 0.1) is 5.82 Å². The Hall–Kier alpha value is -1.91. The second kappa shape index (κ2) is 5.74. The Labute approximate surface area is 86.7 Å². The van der Waals surface area contributed by atoms with E-state index < -0.39 is 0 Å². The molecule has 0 aliphatic heterocycles. The molecule has 15 heavy (non-hydrogen) atoms. The highest BCUT2D eigenvalue weighted by Crippen LogP contribution is 2.07. The highest BCUT2D eigenvalue weighted by Gasteiger charge is 1.99. The molecule has 80 valence electrons. The molecule has 1 rings (SSSR count). The van der Waals surface area contributed by atoms with Crippen molar-refractivity contribution < 1.29 is 14.0 Å². The van der Waals surface area contributed by atoms with E-state index in [2.05, 4.69) is 15.3 Å². The fraction of sp³-hybridized carbons (Fsp3) is 0.200. The molecule has 0 fully saturated rings. The third kappa shape index (κ3) is 4.21. The van der Waals surface area contributed by atoms with Gasteiger partial charge < -0.3 is 10.2 Å². The van der Waals surface area contributed by atoms with Crippen LogP contribution in [0.2, 0.25) is 0 Å². The summed E-state index contributed by atoms with van der Waals surface area (Å²) in [7, 11) is 1.40. The van der Waals surface area contributed by atoms with Gasteiger partial charge in [-0.15, -0.1) is 0 Å². The monoisotopic (exact) mass is 210 g/mol. The van der Waals surface area contributed by atoms with Crippen molar-refractivity contribution in [2.24, 2.45) is 5.16 Å². The number of amides is 1. The van der Waals surface area contributed by atoms with Gasteiger partial charge in [-0.2, -0.15) is 0 Å². The molecule has 0 bridgehead atoms. The summed E-state index contributed by atoms with van der Waals surface area (Å²) in [5, 5.41) is 6.00. The lowest BCUT2D eigenvalue weighted by atomic mass is 10.3. The van der Waals surface area contributed by atoms with E-state index in [0.717, 1.165) is 0 Å². The molecule has 1 amide bonds. The first-order valence-corrected chi connectivity index (χ1v) is 4.33. The molecule has 0 radical (unpaired) electrons. The van der Waals surface area contributed by atoms with Crippen LogP contribution in [0.25, 0.3) is 0 Å². The molecule has 1 aromatic rings. The van der Waals surface area contributed by atoms with Crippen LogP contribution < -0.4 is 5.32 Å². The highest BCUT2D eigenvalue weighted by atomic mass is 19.1. The lowest BCUT2D eigenvalue weighted by Gasteiger charge is -2.02. The molecular weight excluding hydrogens is 199 g/mol. The van der Waals surface area contributed by atoms with Gasteiger partial charge in [0.15, 0.2) is 0 Å². The summed E-state index contributed by atoms with van der Waals surface area (Å²) in [5.41, 5.74) is 0.548. The molecular formula is C10H11FN2O2. The van der Waals surface area contributed by atoms with Crippen LogP contribution >= 0.6 is 0 Å². The summed E-state index contributed by atoms with van der Waals surface area (Å²) in [6.07, 6.45) is 1.46. The average molecular weight is 210 g/mol. The molecule has 0 atom stereocenters. The van der Waals surface area contributed by atoms with E-state index in [0.29, 0.717) is 5.69 Å². The number of benzene rings is 1. The molecule has 0 unspecified atom stereocenters. The Bertz CT molecular complexity index is 349. The van der Waals surface area contributed by atoms with Crippen molar-refractivity contribution in [2.45, 2.75) is 6.42 Å². The van der Waals surface area contributed by atoms with Crippen LogP contribution in [0.15, 0.2) is 29.4 Å². The zero-order chi connectivity index (χ0) is 11.1. The molecule has 0 saturated heterocycles. The van der Waals surface area contributed by atoms with Crippen LogP contribution in [-0.4, -0.2) is 19.2 Å². The standard InChI is InChI=1S/C10H11FN2O2/c1-15-12-7-6-10(14)13-9-4-2-8(11)3-5-9/h2-5,7H,6H2,1H3,(H,13,14)/b12-7+. The Morgan fingerprint density at radius 1 is 1.53 bits per heavy atom. The smallest absolute Gasteiger partial charge is 0.229 e. The summed E-state index contributed by atoms with van der Waals surface area (Å²) in [6.45, 7) is 0. The third-order valence-corrected chi connectivity index (χ3v) is 1.58. The number of nitrogens with zero attached hydrogens (tertiary/aromatic N) is 1. The van der Waals surface area contributed by atoms with Crippen molar-refractivity contribution in [3.8, 4) is 0 Å². The average Bonchev–Trinajstić information content (AvgIpc) is 2.22. The molecule has 0 aromatic heterocycles. The minimum atomic E-state index is -0.339. The van der Waals surface area contributed by atoms with Gasteiger partial charge in [-0.25, -0.2) is 4.39 Å². The summed E-state index contributed by atoms with van der Waals surface area (Å²) in [6, 6.07) is 5.53. The van der Waals surface area contributed by atoms with Gasteiger partial charge >= 0.3 is 0 Å². The predicted molar refractivity (Wildman–Crippen MR) is 55.1 cm³/mol. The summed E-state index contributed by atoms with van der Waals surface area (Å²) in [5.74, 6) is -0.573. The Balaban J connectivity index is 2.44. The Morgan fingerprint density at radius 3 is 2.80 bits per heavy atom. The molecule has 0 aliphatic carbocycles. The van der Waals surface area contributed by atoms with Crippen molar-refractivity contribution in [2.75, 3.05) is 12.4 Å². The van der Waals surface area contributed by atoms with Crippen molar-refractivity contribution in [1.29, 1.82) is 0 Å². The molecule has 0 heterocycles. The third-order valence-electron chi connectivity index (χ3n) is 1.58. The first kappa shape index (κ1) is 11.2. The van der Waals surface area contributed by atoms with Gasteiger partial charge in [-0.3, -0.25) is 4.79 Å². The molecule has 0 saturated carbocycles. The minimum absolute atomic E-state index is 0.116. The van der Waals surface area contributed by atoms with E-state index in [1.165, 1.54) is 37.6 Å². The van der Waals surface area contributed by atoms with Gasteiger partial charge in [0.1, 0.15) is 12.9 Å². The van der Waals surface area contributed by atoms with Crippen LogP contribution in [0.4, 0.5) is 10.1 Å². The van der Waals surface area contributed by atoms with E-state index >= 15 is 0 Å². The van der Waals surface area contributed by atoms with Gasteiger partial charge in [0, 0.05) is 5.69 Å². The lowest BCUT2D eigenvalue weighted by molar-refractivity contribution is -0.115. The van der Waals surface area contributed by atoms with Gasteiger partial charge in [-0.1, -0.05) is 5.16 Å². The fourth-order valence-electron chi connectivity index (χ4n) is 0.940. The maximum atomic E-state index is 12.5. The van der Waals surface area contributed by atoms with Gasteiger partial charge in [0.25, 0.3) is 0 Å². The SMILES string of the molecule is CO/N=C/CC(=O)Nc1ccc(F)cc1. The van der Waals surface area contributed by atoms with Crippen molar-refractivity contribution in [1.82, 2.24) is 0 Å². The second-order valence-electron chi connectivity index (χ2n) is 2.73. The van der Waals surface area contributed by atoms with Crippen LogP contribution in [0.3, 0.4) is 0 Å². The number of oxime groups is 1. The molecule has 1 N–H and O–H groups in total. The number of anilines is 1. The molecule has 1 aromatic carbocycles. The fourth-order valence-corrected chi connectivity index (χ4v) is 0.940. The summed E-state index contributed by atoms with van der Waals surface area (Å²) in [4.78, 5) is 15.6. The van der Waals surface area contributed by atoms with Crippen LogP contribution in [0.5, 0.6) is 0 Å². The van der Waals surface area contributed by atoms with Gasteiger partial charge in [-0.05, 0) is 24.3 Å². The summed E-state index contributed by atoms with van der Waals surface area (Å²) < 4.78 is 12.5. The normalized spacial score (nSPS) is 10.3. The number of hydrogen-bond acceptors (Lipinski definition) is 3. The molecule has 4 nitrogen and oxygen atoms in total. The highest BCUT2D eigenvalue weighted by molar-refractivity contribution is 5.98. The first-order chi connectivity index (χ1) is 7.22. The second-order valence-corrected chi connectivity index (χ2v) is 2.73. The van der Waals surface area contributed by atoms with E-state index in [4.69, 9.17) is 0 Å². The quantitative estimate of drug-likeness (QED) is 0.608. The van der Waals surface area contributed by atoms with Crippen molar-refractivity contribution in [3.63, 3.8) is 0 Å². The molecule has 0 spiro atoms. The maximum Gasteiger partial charge on any atom is 0.229 e. The number of halogens is 1. The Kier molecular flexibility index (Phi) is 4.28. The van der Waals surface area contributed by atoms with Crippen molar-refractivity contribution >= 4 is 17.8 Å². The zero-order valence-corrected chi connectivity index (χ0v) is 8.24. The number of rotatable bonds is 4. The lowest BCUT2D eigenvalue weighted by Crippen LogP contribution is -2.11. The number of nitrogens with one attached hydrogen (secondary N) is 1. The van der Waals surface area contributed by atoms with Gasteiger partial charge in [0.05, 0.1) is 12.6 Å². The number of carbonyl (C=O) groups excluding carboxylic acids is 1.